The molecule has 0 radical (unpaired) electrons. The van der Waals surface area contributed by atoms with E-state index in [9.17, 15) is 20.1 Å². The van der Waals surface area contributed by atoms with Gasteiger partial charge in [0, 0.05) is 25.8 Å². The van der Waals surface area contributed by atoms with Gasteiger partial charge in [0.15, 0.2) is 11.4 Å². The Morgan fingerprint density at radius 1 is 1.16 bits per heavy atom. The Hall–Kier alpha value is -3.16. The first-order valence-electron chi connectivity index (χ1n) is 11.3. The number of para-hydroxylation sites is 1. The number of aliphatic imine (C=N–C) groups is 1. The Kier molecular flexibility index (Phi) is 7.33. The van der Waals surface area contributed by atoms with E-state index < -0.39 is 0 Å². The number of hydrogen-bond donors (Lipinski definition) is 4. The average Bonchev–Trinajstić information content (AvgIpc) is 2.99. The van der Waals surface area contributed by atoms with Crippen molar-refractivity contribution in [2.75, 3.05) is 19.4 Å². The fraction of sp³-hybridized carbons (Fsp3) is 0.500. The lowest BCUT2D eigenvalue weighted by molar-refractivity contribution is 0.0824. The minimum atomic E-state index is -0.338. The van der Waals surface area contributed by atoms with Gasteiger partial charge in [0.1, 0.15) is 5.69 Å². The van der Waals surface area contributed by atoms with Crippen molar-refractivity contribution in [1.82, 2.24) is 9.47 Å². The summed E-state index contributed by atoms with van der Waals surface area (Å²) in [6.07, 6.45) is 6.61. The smallest absolute Gasteiger partial charge is 0.257 e. The van der Waals surface area contributed by atoms with Gasteiger partial charge in [0.25, 0.3) is 5.91 Å². The normalized spacial score (nSPS) is 15.1. The molecule has 1 aliphatic rings. The van der Waals surface area contributed by atoms with Crippen LogP contribution >= 0.6 is 0 Å². The second-order valence-electron chi connectivity index (χ2n) is 8.66. The number of anilines is 2. The van der Waals surface area contributed by atoms with Crippen LogP contribution < -0.4 is 5.32 Å². The molecule has 0 saturated heterocycles. The third-order valence-corrected chi connectivity index (χ3v) is 5.92. The predicted molar refractivity (Wildman–Crippen MR) is 127 cm³/mol. The second kappa shape index (κ2) is 9.97. The summed E-state index contributed by atoms with van der Waals surface area (Å²) in [5, 5.41) is 36.0. The Bertz CT molecular complexity index is 1000. The van der Waals surface area contributed by atoms with Crippen molar-refractivity contribution in [2.24, 2.45) is 4.99 Å². The van der Waals surface area contributed by atoms with Gasteiger partial charge in [0.05, 0.1) is 11.3 Å². The standard InChI is InChI=1S/C24H34N4O4/c1-5-10-15(2)25-19-20(24(32)28(23(19)31)16-11-7-6-8-12-16)26-18-14-9-13-17(21(18)29)22(30)27(3)4/h9,13-14,16,26,29,31-32H,5-8,10-12H2,1-4H3. The van der Waals surface area contributed by atoms with Crippen LogP contribution in [0.15, 0.2) is 23.2 Å². The minimum absolute atomic E-state index is 0.0185. The molecule has 0 bridgehead atoms. The minimum Gasteiger partial charge on any atom is -0.505 e. The molecule has 174 valence electrons. The number of hydrogen-bond acceptors (Lipinski definition) is 6. The molecule has 0 spiro atoms. The highest BCUT2D eigenvalue weighted by atomic mass is 16.3. The molecule has 0 unspecified atom stereocenters. The summed E-state index contributed by atoms with van der Waals surface area (Å²) in [7, 11) is 3.22. The quantitative estimate of drug-likeness (QED) is 0.337. The van der Waals surface area contributed by atoms with E-state index in [0.717, 1.165) is 50.7 Å². The van der Waals surface area contributed by atoms with Gasteiger partial charge in [-0.3, -0.25) is 14.4 Å². The molecule has 1 aromatic heterocycles. The number of benzene rings is 1. The molecule has 1 aliphatic carbocycles. The van der Waals surface area contributed by atoms with Gasteiger partial charge in [-0.2, -0.15) is 0 Å². The third kappa shape index (κ3) is 4.69. The van der Waals surface area contributed by atoms with Crippen LogP contribution in [0.25, 0.3) is 0 Å². The predicted octanol–water partition coefficient (Wildman–Crippen LogP) is 5.45. The van der Waals surface area contributed by atoms with Gasteiger partial charge >= 0.3 is 0 Å². The number of phenols is 1. The van der Waals surface area contributed by atoms with Crippen LogP contribution in [-0.4, -0.2) is 50.5 Å². The lowest BCUT2D eigenvalue weighted by Crippen LogP contribution is -2.21. The van der Waals surface area contributed by atoms with Crippen molar-refractivity contribution in [2.45, 2.75) is 64.8 Å². The number of nitrogens with zero attached hydrogens (tertiary/aromatic N) is 3. The molecule has 1 amide bonds. The summed E-state index contributed by atoms with van der Waals surface area (Å²) in [6, 6.07) is 4.79. The molecular formula is C24H34N4O4. The first kappa shape index (κ1) is 23.5. The zero-order valence-corrected chi connectivity index (χ0v) is 19.4. The van der Waals surface area contributed by atoms with Crippen LogP contribution in [-0.2, 0) is 0 Å². The highest BCUT2D eigenvalue weighted by Gasteiger charge is 2.29. The van der Waals surface area contributed by atoms with Crippen molar-refractivity contribution in [3.63, 3.8) is 0 Å². The van der Waals surface area contributed by atoms with Gasteiger partial charge in [-0.25, -0.2) is 0 Å². The van der Waals surface area contributed by atoms with Crippen LogP contribution in [0, 0.1) is 0 Å². The Morgan fingerprint density at radius 2 is 1.84 bits per heavy atom. The summed E-state index contributed by atoms with van der Waals surface area (Å²) >= 11 is 0. The number of carbonyl (C=O) groups excluding carboxylic acids is 1. The van der Waals surface area contributed by atoms with E-state index >= 15 is 0 Å². The molecule has 1 saturated carbocycles. The highest BCUT2D eigenvalue weighted by Crippen LogP contribution is 2.51. The number of phenolic OH excluding ortho intramolecular Hbond substituents is 1. The summed E-state index contributed by atoms with van der Waals surface area (Å²) in [5.41, 5.74) is 1.67. The van der Waals surface area contributed by atoms with Gasteiger partial charge in [0.2, 0.25) is 11.8 Å². The van der Waals surface area contributed by atoms with Crippen LogP contribution in [0.1, 0.15) is 75.2 Å². The van der Waals surface area contributed by atoms with Crippen LogP contribution in [0.5, 0.6) is 17.5 Å². The number of aromatic nitrogens is 1. The number of amides is 1. The molecule has 0 aliphatic heterocycles. The van der Waals surface area contributed by atoms with E-state index in [1.54, 1.807) is 30.8 Å². The Balaban J connectivity index is 2.10. The Labute approximate surface area is 189 Å². The van der Waals surface area contributed by atoms with Crippen LogP contribution in [0.3, 0.4) is 0 Å². The maximum atomic E-state index is 12.4. The number of carbonyl (C=O) groups is 1. The summed E-state index contributed by atoms with van der Waals surface area (Å²) in [4.78, 5) is 18.4. The van der Waals surface area contributed by atoms with E-state index in [-0.39, 0.29) is 52.1 Å². The molecule has 1 heterocycles. The fourth-order valence-electron chi connectivity index (χ4n) is 4.26. The summed E-state index contributed by atoms with van der Waals surface area (Å²) in [5.74, 6) is -0.778. The van der Waals surface area contributed by atoms with E-state index in [0.29, 0.717) is 0 Å². The van der Waals surface area contributed by atoms with Gasteiger partial charge in [-0.15, -0.1) is 0 Å². The molecule has 8 heteroatoms. The van der Waals surface area contributed by atoms with E-state index in [1.807, 2.05) is 13.8 Å². The largest absolute Gasteiger partial charge is 0.505 e. The first-order chi connectivity index (χ1) is 15.3. The molecule has 2 aromatic rings. The van der Waals surface area contributed by atoms with Crippen molar-refractivity contribution < 1.29 is 20.1 Å². The SMILES string of the molecule is CCCC(C)=Nc1c(Nc2cccc(C(=O)N(C)C)c2O)c(O)n(C2CCCCC2)c1O. The van der Waals surface area contributed by atoms with Crippen molar-refractivity contribution in [3.05, 3.63) is 23.8 Å². The molecule has 1 aromatic carbocycles. The van der Waals surface area contributed by atoms with E-state index in [4.69, 9.17) is 0 Å². The summed E-state index contributed by atoms with van der Waals surface area (Å²) < 4.78 is 1.55. The van der Waals surface area contributed by atoms with E-state index in [2.05, 4.69) is 10.3 Å². The zero-order chi connectivity index (χ0) is 23.4. The molecule has 0 atom stereocenters. The number of nitrogens with one attached hydrogen (secondary N) is 1. The van der Waals surface area contributed by atoms with Gasteiger partial charge in [-0.05, 0) is 38.3 Å². The van der Waals surface area contributed by atoms with Crippen molar-refractivity contribution in [3.8, 4) is 17.5 Å². The number of rotatable bonds is 7. The molecule has 4 N–H and O–H groups in total. The number of aromatic hydroxyl groups is 3. The van der Waals surface area contributed by atoms with Crippen LogP contribution in [0.2, 0.25) is 0 Å². The lowest BCUT2D eigenvalue weighted by atomic mass is 9.95. The third-order valence-electron chi connectivity index (χ3n) is 5.92. The molecule has 1 fully saturated rings. The molecular weight excluding hydrogens is 408 g/mol. The molecule has 8 nitrogen and oxygen atoms in total. The average molecular weight is 443 g/mol. The van der Waals surface area contributed by atoms with Crippen molar-refractivity contribution >= 4 is 28.7 Å². The highest BCUT2D eigenvalue weighted by molar-refractivity contribution is 5.99. The van der Waals surface area contributed by atoms with Crippen LogP contribution in [0.4, 0.5) is 17.1 Å². The summed E-state index contributed by atoms with van der Waals surface area (Å²) in [6.45, 7) is 3.93. The lowest BCUT2D eigenvalue weighted by Gasteiger charge is -2.24. The van der Waals surface area contributed by atoms with Gasteiger partial charge in [-0.1, -0.05) is 38.7 Å². The topological polar surface area (TPSA) is 110 Å². The second-order valence-corrected chi connectivity index (χ2v) is 8.66. The Morgan fingerprint density at radius 3 is 2.47 bits per heavy atom. The maximum Gasteiger partial charge on any atom is 0.257 e. The first-order valence-corrected chi connectivity index (χ1v) is 11.3. The maximum absolute atomic E-state index is 12.4. The fourth-order valence-corrected chi connectivity index (χ4v) is 4.26. The molecule has 3 rings (SSSR count). The molecule has 32 heavy (non-hydrogen) atoms. The van der Waals surface area contributed by atoms with Gasteiger partial charge < -0.3 is 25.5 Å². The van der Waals surface area contributed by atoms with Crippen molar-refractivity contribution in [1.29, 1.82) is 0 Å². The monoisotopic (exact) mass is 442 g/mol. The zero-order valence-electron chi connectivity index (χ0n) is 19.4. The van der Waals surface area contributed by atoms with E-state index in [1.165, 1.54) is 11.0 Å².